The predicted octanol–water partition coefficient (Wildman–Crippen LogP) is 4.93. The second-order valence-corrected chi connectivity index (χ2v) is 6.49. The molecule has 0 aromatic heterocycles. The number of carbonyl (C=O) groups excluding carboxylic acids is 1. The molecule has 2 aromatic carbocycles. The molecule has 0 radical (unpaired) electrons. The van der Waals surface area contributed by atoms with Gasteiger partial charge in [-0.05, 0) is 61.9 Å². The van der Waals surface area contributed by atoms with E-state index in [0.29, 0.717) is 5.75 Å². The molecule has 0 unspecified atom stereocenters. The van der Waals surface area contributed by atoms with Crippen molar-refractivity contribution in [3.05, 3.63) is 57.0 Å². The molecule has 0 spiro atoms. The SMILES string of the molecule is Cc1cc(Br)ccc1NC(=O)[C@@H](C)Oc1ccc(Br)cc1. The number of amides is 1. The molecular formula is C16H15Br2NO2. The van der Waals surface area contributed by atoms with E-state index in [2.05, 4.69) is 37.2 Å². The van der Waals surface area contributed by atoms with E-state index in [4.69, 9.17) is 4.74 Å². The molecule has 2 aromatic rings. The minimum atomic E-state index is -0.575. The topological polar surface area (TPSA) is 38.3 Å². The van der Waals surface area contributed by atoms with Crippen molar-refractivity contribution in [1.29, 1.82) is 0 Å². The van der Waals surface area contributed by atoms with Crippen LogP contribution in [0.2, 0.25) is 0 Å². The molecule has 0 bridgehead atoms. The van der Waals surface area contributed by atoms with E-state index in [1.165, 1.54) is 0 Å². The van der Waals surface area contributed by atoms with Crippen molar-refractivity contribution in [1.82, 2.24) is 0 Å². The van der Waals surface area contributed by atoms with Crippen molar-refractivity contribution in [3.8, 4) is 5.75 Å². The van der Waals surface area contributed by atoms with E-state index in [-0.39, 0.29) is 5.91 Å². The summed E-state index contributed by atoms with van der Waals surface area (Å²) in [6.07, 6.45) is -0.575. The van der Waals surface area contributed by atoms with Crippen LogP contribution in [0.4, 0.5) is 5.69 Å². The number of nitrogens with one attached hydrogen (secondary N) is 1. The first-order valence-electron chi connectivity index (χ1n) is 6.45. The Kier molecular flexibility index (Phi) is 5.42. The number of hydrogen-bond acceptors (Lipinski definition) is 2. The Morgan fingerprint density at radius 2 is 1.71 bits per heavy atom. The first-order chi connectivity index (χ1) is 9.95. The molecule has 110 valence electrons. The molecule has 0 aliphatic rings. The Hall–Kier alpha value is -1.33. The molecule has 5 heteroatoms. The highest BCUT2D eigenvalue weighted by molar-refractivity contribution is 9.10. The van der Waals surface area contributed by atoms with Crippen LogP contribution >= 0.6 is 31.9 Å². The fourth-order valence-electron chi connectivity index (χ4n) is 1.77. The maximum absolute atomic E-state index is 12.2. The van der Waals surface area contributed by atoms with Crippen LogP contribution in [0.3, 0.4) is 0 Å². The lowest BCUT2D eigenvalue weighted by Gasteiger charge is -2.16. The van der Waals surface area contributed by atoms with Gasteiger partial charge in [0.25, 0.3) is 5.91 Å². The van der Waals surface area contributed by atoms with E-state index >= 15 is 0 Å². The normalized spacial score (nSPS) is 11.8. The van der Waals surface area contributed by atoms with Crippen molar-refractivity contribution in [2.24, 2.45) is 0 Å². The van der Waals surface area contributed by atoms with Crippen LogP contribution in [-0.4, -0.2) is 12.0 Å². The lowest BCUT2D eigenvalue weighted by molar-refractivity contribution is -0.122. The molecule has 3 nitrogen and oxygen atoms in total. The summed E-state index contributed by atoms with van der Waals surface area (Å²) in [5.74, 6) is 0.483. The molecule has 0 heterocycles. The van der Waals surface area contributed by atoms with Gasteiger partial charge in [0.1, 0.15) is 5.75 Å². The molecule has 0 aliphatic heterocycles. The summed E-state index contributed by atoms with van der Waals surface area (Å²) in [6.45, 7) is 3.67. The molecular weight excluding hydrogens is 398 g/mol. The Bertz CT molecular complexity index is 641. The molecule has 0 saturated carbocycles. The van der Waals surface area contributed by atoms with Gasteiger partial charge < -0.3 is 10.1 Å². The first-order valence-corrected chi connectivity index (χ1v) is 8.03. The monoisotopic (exact) mass is 411 g/mol. The number of ether oxygens (including phenoxy) is 1. The molecule has 1 atom stereocenters. The van der Waals surface area contributed by atoms with Gasteiger partial charge >= 0.3 is 0 Å². The van der Waals surface area contributed by atoms with Crippen LogP contribution in [0.25, 0.3) is 0 Å². The van der Waals surface area contributed by atoms with E-state index in [1.54, 1.807) is 6.92 Å². The zero-order chi connectivity index (χ0) is 15.4. The van der Waals surface area contributed by atoms with E-state index in [0.717, 1.165) is 20.2 Å². The number of anilines is 1. The van der Waals surface area contributed by atoms with Crippen LogP contribution in [0.5, 0.6) is 5.75 Å². The van der Waals surface area contributed by atoms with Crippen molar-refractivity contribution < 1.29 is 9.53 Å². The van der Waals surface area contributed by atoms with Gasteiger partial charge in [-0.3, -0.25) is 4.79 Å². The van der Waals surface area contributed by atoms with E-state index in [1.807, 2.05) is 49.4 Å². The van der Waals surface area contributed by atoms with Crippen LogP contribution < -0.4 is 10.1 Å². The first kappa shape index (κ1) is 16.0. The third-order valence-electron chi connectivity index (χ3n) is 2.94. The van der Waals surface area contributed by atoms with Crippen molar-refractivity contribution in [3.63, 3.8) is 0 Å². The highest BCUT2D eigenvalue weighted by atomic mass is 79.9. The molecule has 1 N–H and O–H groups in total. The van der Waals surface area contributed by atoms with Crippen LogP contribution in [0, 0.1) is 6.92 Å². The summed E-state index contributed by atoms with van der Waals surface area (Å²) in [5.41, 5.74) is 1.78. The highest BCUT2D eigenvalue weighted by Crippen LogP contribution is 2.21. The number of benzene rings is 2. The molecule has 0 saturated heterocycles. The zero-order valence-corrected chi connectivity index (χ0v) is 14.9. The lowest BCUT2D eigenvalue weighted by Crippen LogP contribution is -2.30. The number of rotatable bonds is 4. The summed E-state index contributed by atoms with van der Waals surface area (Å²) in [7, 11) is 0. The fourth-order valence-corrected chi connectivity index (χ4v) is 2.51. The number of halogens is 2. The molecule has 21 heavy (non-hydrogen) atoms. The number of aryl methyl sites for hydroxylation is 1. The van der Waals surface area contributed by atoms with Gasteiger partial charge in [0.15, 0.2) is 6.10 Å². The minimum Gasteiger partial charge on any atom is -0.481 e. The van der Waals surface area contributed by atoms with Crippen molar-refractivity contribution >= 4 is 43.5 Å². The van der Waals surface area contributed by atoms with Gasteiger partial charge in [-0.1, -0.05) is 31.9 Å². The van der Waals surface area contributed by atoms with Crippen LogP contribution in [0.15, 0.2) is 51.4 Å². The average molecular weight is 413 g/mol. The van der Waals surface area contributed by atoms with Gasteiger partial charge in [0, 0.05) is 14.6 Å². The third kappa shape index (κ3) is 4.58. The largest absolute Gasteiger partial charge is 0.481 e. The zero-order valence-electron chi connectivity index (χ0n) is 11.7. The Labute approximate surface area is 141 Å². The standard InChI is InChI=1S/C16H15Br2NO2/c1-10-9-13(18)5-8-15(10)19-16(20)11(2)21-14-6-3-12(17)4-7-14/h3-9,11H,1-2H3,(H,19,20)/t11-/m1/s1. The lowest BCUT2D eigenvalue weighted by atomic mass is 10.2. The summed E-state index contributed by atoms with van der Waals surface area (Å²) in [6, 6.07) is 13.1. The fraction of sp³-hybridized carbons (Fsp3) is 0.188. The second kappa shape index (κ2) is 7.09. The Morgan fingerprint density at radius 1 is 1.10 bits per heavy atom. The Morgan fingerprint density at radius 3 is 2.33 bits per heavy atom. The predicted molar refractivity (Wildman–Crippen MR) is 91.7 cm³/mol. The maximum atomic E-state index is 12.2. The maximum Gasteiger partial charge on any atom is 0.265 e. The third-order valence-corrected chi connectivity index (χ3v) is 3.96. The summed E-state index contributed by atoms with van der Waals surface area (Å²) in [5, 5.41) is 2.87. The van der Waals surface area contributed by atoms with Gasteiger partial charge in [0.2, 0.25) is 0 Å². The minimum absolute atomic E-state index is 0.177. The van der Waals surface area contributed by atoms with Crippen LogP contribution in [-0.2, 0) is 4.79 Å². The summed E-state index contributed by atoms with van der Waals surface area (Å²) < 4.78 is 7.58. The van der Waals surface area contributed by atoms with Gasteiger partial charge in [-0.25, -0.2) is 0 Å². The average Bonchev–Trinajstić information content (AvgIpc) is 2.44. The summed E-state index contributed by atoms with van der Waals surface area (Å²) >= 11 is 6.76. The van der Waals surface area contributed by atoms with Gasteiger partial charge in [0.05, 0.1) is 0 Å². The van der Waals surface area contributed by atoms with Crippen molar-refractivity contribution in [2.45, 2.75) is 20.0 Å². The molecule has 1 amide bonds. The second-order valence-electron chi connectivity index (χ2n) is 4.66. The summed E-state index contributed by atoms with van der Waals surface area (Å²) in [4.78, 5) is 12.2. The van der Waals surface area contributed by atoms with E-state index in [9.17, 15) is 4.79 Å². The number of carbonyl (C=O) groups is 1. The van der Waals surface area contributed by atoms with Gasteiger partial charge in [-0.15, -0.1) is 0 Å². The van der Waals surface area contributed by atoms with Crippen LogP contribution in [0.1, 0.15) is 12.5 Å². The molecule has 0 fully saturated rings. The smallest absolute Gasteiger partial charge is 0.265 e. The highest BCUT2D eigenvalue weighted by Gasteiger charge is 2.15. The Balaban J connectivity index is 2.00. The quantitative estimate of drug-likeness (QED) is 0.773. The number of hydrogen-bond donors (Lipinski definition) is 1. The van der Waals surface area contributed by atoms with Crippen molar-refractivity contribution in [2.75, 3.05) is 5.32 Å². The molecule has 2 rings (SSSR count). The molecule has 0 aliphatic carbocycles. The van der Waals surface area contributed by atoms with E-state index < -0.39 is 6.10 Å². The van der Waals surface area contributed by atoms with Gasteiger partial charge in [-0.2, -0.15) is 0 Å².